The fraction of sp³-hybridized carbons (Fsp3) is 0.389. The zero-order chi connectivity index (χ0) is 19.6. The summed E-state index contributed by atoms with van der Waals surface area (Å²) in [5.41, 5.74) is 0.535. The van der Waals surface area contributed by atoms with Crippen LogP contribution in [-0.4, -0.2) is 48.6 Å². The number of hydrogen-bond acceptors (Lipinski definition) is 6. The van der Waals surface area contributed by atoms with E-state index in [1.54, 1.807) is 31.2 Å². The molecule has 1 aromatic heterocycles. The third-order valence-corrected chi connectivity index (χ3v) is 4.55. The lowest BCUT2D eigenvalue weighted by Gasteiger charge is -2.19. The van der Waals surface area contributed by atoms with Crippen LogP contribution in [0.15, 0.2) is 34.9 Å². The zero-order valence-electron chi connectivity index (χ0n) is 15.3. The molecule has 0 aliphatic carbocycles. The van der Waals surface area contributed by atoms with Gasteiger partial charge in [-0.15, -0.1) is 11.8 Å². The van der Waals surface area contributed by atoms with Gasteiger partial charge in [0.15, 0.2) is 5.82 Å². The van der Waals surface area contributed by atoms with Gasteiger partial charge in [0.05, 0.1) is 17.2 Å². The summed E-state index contributed by atoms with van der Waals surface area (Å²) in [6.45, 7) is 2.84. The smallest absolute Gasteiger partial charge is 0.235 e. The van der Waals surface area contributed by atoms with Crippen molar-refractivity contribution in [2.45, 2.75) is 13.3 Å². The highest BCUT2D eigenvalue weighted by Gasteiger charge is 2.09. The maximum absolute atomic E-state index is 13.7. The van der Waals surface area contributed by atoms with Crippen LogP contribution < -0.4 is 15.5 Å². The summed E-state index contributed by atoms with van der Waals surface area (Å²) < 4.78 is 18.5. The number of aryl methyl sites for hydroxylation is 1. The van der Waals surface area contributed by atoms with Crippen LogP contribution in [0, 0.1) is 12.7 Å². The molecule has 1 heterocycles. The van der Waals surface area contributed by atoms with E-state index in [1.165, 1.54) is 17.8 Å². The van der Waals surface area contributed by atoms with E-state index in [4.69, 9.17) is 4.52 Å². The lowest BCUT2D eigenvalue weighted by Crippen LogP contribution is -2.30. The number of hydrogen-bond donors (Lipinski definition) is 2. The Morgan fingerprint density at radius 2 is 2.00 bits per heavy atom. The second kappa shape index (κ2) is 10.6. The van der Waals surface area contributed by atoms with Crippen LogP contribution in [0.2, 0.25) is 0 Å². The molecular weight excluding hydrogens is 371 g/mol. The normalized spacial score (nSPS) is 10.5. The van der Waals surface area contributed by atoms with Gasteiger partial charge in [0.1, 0.15) is 11.6 Å². The Balaban J connectivity index is 1.55. The van der Waals surface area contributed by atoms with Crippen LogP contribution in [0.1, 0.15) is 12.2 Å². The van der Waals surface area contributed by atoms with Gasteiger partial charge in [-0.2, -0.15) is 0 Å². The molecule has 0 aliphatic heterocycles. The van der Waals surface area contributed by atoms with Crippen LogP contribution in [0.4, 0.5) is 15.9 Å². The van der Waals surface area contributed by atoms with E-state index in [9.17, 15) is 14.0 Å². The zero-order valence-corrected chi connectivity index (χ0v) is 16.1. The van der Waals surface area contributed by atoms with E-state index in [0.29, 0.717) is 36.8 Å². The van der Waals surface area contributed by atoms with Crippen LogP contribution in [-0.2, 0) is 9.59 Å². The number of nitrogens with zero attached hydrogens (tertiary/aromatic N) is 2. The first-order valence-electron chi connectivity index (χ1n) is 8.49. The van der Waals surface area contributed by atoms with Gasteiger partial charge in [0.2, 0.25) is 11.8 Å². The molecule has 0 bridgehead atoms. The summed E-state index contributed by atoms with van der Waals surface area (Å²) in [4.78, 5) is 25.3. The second-order valence-electron chi connectivity index (χ2n) is 5.94. The van der Waals surface area contributed by atoms with Crippen molar-refractivity contribution in [1.82, 2.24) is 10.5 Å². The number of aromatic nitrogens is 1. The molecule has 0 saturated heterocycles. The first-order valence-corrected chi connectivity index (χ1v) is 9.64. The molecule has 7 nitrogen and oxygen atoms in total. The monoisotopic (exact) mass is 394 g/mol. The molecule has 0 aliphatic rings. The third kappa shape index (κ3) is 7.30. The minimum atomic E-state index is -0.264. The Hall–Kier alpha value is -2.55. The molecule has 0 saturated carbocycles. The predicted octanol–water partition coefficient (Wildman–Crippen LogP) is 2.44. The van der Waals surface area contributed by atoms with Gasteiger partial charge in [-0.25, -0.2) is 4.39 Å². The van der Waals surface area contributed by atoms with E-state index in [0.717, 1.165) is 0 Å². The third-order valence-electron chi connectivity index (χ3n) is 3.62. The average molecular weight is 394 g/mol. The number of carbonyl (C=O) groups excluding carboxylic acids is 2. The second-order valence-corrected chi connectivity index (χ2v) is 6.93. The quantitative estimate of drug-likeness (QED) is 0.602. The van der Waals surface area contributed by atoms with Gasteiger partial charge in [-0.1, -0.05) is 17.3 Å². The summed E-state index contributed by atoms with van der Waals surface area (Å²) in [7, 11) is 1.81. The van der Waals surface area contributed by atoms with Crippen LogP contribution >= 0.6 is 11.8 Å². The van der Waals surface area contributed by atoms with Gasteiger partial charge < -0.3 is 20.1 Å². The summed E-state index contributed by atoms with van der Waals surface area (Å²) in [6, 6.07) is 8.19. The van der Waals surface area contributed by atoms with Crippen molar-refractivity contribution in [2.24, 2.45) is 0 Å². The summed E-state index contributed by atoms with van der Waals surface area (Å²) >= 11 is 1.22. The molecule has 27 heavy (non-hydrogen) atoms. The van der Waals surface area contributed by atoms with Crippen LogP contribution in [0.3, 0.4) is 0 Å². The Kier molecular flexibility index (Phi) is 8.12. The average Bonchev–Trinajstić information content (AvgIpc) is 3.03. The van der Waals surface area contributed by atoms with Gasteiger partial charge in [-0.3, -0.25) is 9.59 Å². The number of benzene rings is 1. The van der Waals surface area contributed by atoms with E-state index >= 15 is 0 Å². The van der Waals surface area contributed by atoms with Crippen molar-refractivity contribution in [3.8, 4) is 0 Å². The van der Waals surface area contributed by atoms with Crippen molar-refractivity contribution in [3.05, 3.63) is 41.9 Å². The molecule has 0 spiro atoms. The molecule has 0 radical (unpaired) electrons. The Labute approximate surface area is 161 Å². The molecule has 2 N–H and O–H groups in total. The Morgan fingerprint density at radius 3 is 2.70 bits per heavy atom. The number of carbonyl (C=O) groups is 2. The molecule has 0 fully saturated rings. The van der Waals surface area contributed by atoms with E-state index < -0.39 is 0 Å². The number of amides is 2. The topological polar surface area (TPSA) is 87.5 Å². The number of nitrogens with one attached hydrogen (secondary N) is 2. The first-order chi connectivity index (χ1) is 13.0. The van der Waals surface area contributed by atoms with Gasteiger partial charge in [0, 0.05) is 26.2 Å². The van der Waals surface area contributed by atoms with E-state index in [-0.39, 0.29) is 29.1 Å². The Bertz CT molecular complexity index is 769. The summed E-state index contributed by atoms with van der Waals surface area (Å²) in [6.07, 6.45) is 0.688. The van der Waals surface area contributed by atoms with Crippen molar-refractivity contribution in [1.29, 1.82) is 0 Å². The van der Waals surface area contributed by atoms with Crippen molar-refractivity contribution < 1.29 is 18.5 Å². The van der Waals surface area contributed by atoms with Crippen LogP contribution in [0.25, 0.3) is 0 Å². The van der Waals surface area contributed by atoms with E-state index in [1.807, 2.05) is 11.9 Å². The van der Waals surface area contributed by atoms with Crippen LogP contribution in [0.5, 0.6) is 0 Å². The highest BCUT2D eigenvalue weighted by molar-refractivity contribution is 8.00. The Morgan fingerprint density at radius 1 is 1.26 bits per heavy atom. The first kappa shape index (κ1) is 20.8. The van der Waals surface area contributed by atoms with Crippen molar-refractivity contribution in [2.75, 3.05) is 41.9 Å². The van der Waals surface area contributed by atoms with Crippen molar-refractivity contribution in [3.63, 3.8) is 0 Å². The minimum absolute atomic E-state index is 0.140. The SMILES string of the molecule is Cc1cc(NC(=O)CSCC(=O)NCCCN(C)c2ccccc2F)no1. The molecule has 2 rings (SSSR count). The van der Waals surface area contributed by atoms with Crippen molar-refractivity contribution >= 4 is 35.1 Å². The lowest BCUT2D eigenvalue weighted by molar-refractivity contribution is -0.118. The van der Waals surface area contributed by atoms with Gasteiger partial charge in [0.25, 0.3) is 0 Å². The number of halogens is 1. The summed E-state index contributed by atoms with van der Waals surface area (Å²) in [5.74, 6) is 0.661. The molecular formula is C18H23FN4O3S. The molecule has 2 aromatic rings. The summed E-state index contributed by atoms with van der Waals surface area (Å²) in [5, 5.41) is 9.05. The number of rotatable bonds is 10. The maximum atomic E-state index is 13.7. The molecule has 1 aromatic carbocycles. The van der Waals surface area contributed by atoms with Gasteiger partial charge >= 0.3 is 0 Å². The number of para-hydroxylation sites is 1. The van der Waals surface area contributed by atoms with E-state index in [2.05, 4.69) is 15.8 Å². The van der Waals surface area contributed by atoms with Gasteiger partial charge in [-0.05, 0) is 25.5 Å². The highest BCUT2D eigenvalue weighted by Crippen LogP contribution is 2.16. The minimum Gasteiger partial charge on any atom is -0.372 e. The molecule has 2 amide bonds. The predicted molar refractivity (Wildman–Crippen MR) is 104 cm³/mol. The molecule has 0 atom stereocenters. The number of anilines is 2. The molecule has 146 valence electrons. The number of thioether (sulfide) groups is 1. The molecule has 0 unspecified atom stereocenters. The fourth-order valence-electron chi connectivity index (χ4n) is 2.32. The standard InChI is InChI=1S/C18H23FN4O3S/c1-13-10-16(22-26-13)21-18(25)12-27-11-17(24)20-8-5-9-23(2)15-7-4-3-6-14(15)19/h3-4,6-7,10H,5,8-9,11-12H2,1-2H3,(H,20,24)(H,21,22,25). The molecule has 9 heteroatoms. The maximum Gasteiger partial charge on any atom is 0.235 e. The lowest BCUT2D eigenvalue weighted by atomic mass is 10.2. The largest absolute Gasteiger partial charge is 0.372 e. The highest BCUT2D eigenvalue weighted by atomic mass is 32.2. The fourth-order valence-corrected chi connectivity index (χ4v) is 2.96.